The Labute approximate surface area is 283 Å². The Morgan fingerprint density at radius 1 is 0.755 bits per heavy atom. The van der Waals surface area contributed by atoms with Crippen molar-refractivity contribution < 1.29 is 18.4 Å². The normalized spacial score (nSPS) is 19.8. The molecule has 3 aromatic carbocycles. The van der Waals surface area contributed by atoms with Crippen molar-refractivity contribution in [2.24, 2.45) is 0 Å². The van der Waals surface area contributed by atoms with Crippen LogP contribution in [-0.2, 0) is 9.59 Å². The minimum Gasteiger partial charge on any atom is -0.369 e. The molecule has 3 saturated heterocycles. The summed E-state index contributed by atoms with van der Waals surface area (Å²) in [6, 6.07) is 24.9. The fourth-order valence-corrected chi connectivity index (χ4v) is 7.96. The molecule has 0 bridgehead atoms. The van der Waals surface area contributed by atoms with Crippen molar-refractivity contribution in [3.63, 3.8) is 0 Å². The van der Waals surface area contributed by atoms with Crippen molar-refractivity contribution >= 4 is 28.5 Å². The molecule has 8 nitrogen and oxygen atoms in total. The summed E-state index contributed by atoms with van der Waals surface area (Å²) < 4.78 is 32.9. The molecule has 0 aliphatic carbocycles. The summed E-state index contributed by atoms with van der Waals surface area (Å²) in [7, 11) is 0. The Hall–Kier alpha value is -4.96. The van der Waals surface area contributed by atoms with E-state index in [0.29, 0.717) is 23.7 Å². The van der Waals surface area contributed by atoms with E-state index < -0.39 is 5.92 Å². The van der Waals surface area contributed by atoms with Crippen LogP contribution in [0, 0.1) is 11.6 Å². The van der Waals surface area contributed by atoms with Gasteiger partial charge in [-0.15, -0.1) is 10.2 Å². The van der Waals surface area contributed by atoms with E-state index in [1.54, 1.807) is 12.1 Å². The number of piperidine rings is 3. The van der Waals surface area contributed by atoms with Crippen LogP contribution in [0.5, 0.6) is 0 Å². The molecule has 1 atom stereocenters. The third kappa shape index (κ3) is 6.21. The first kappa shape index (κ1) is 31.3. The first-order valence-corrected chi connectivity index (χ1v) is 17.2. The fourth-order valence-electron chi connectivity index (χ4n) is 7.96. The zero-order valence-corrected chi connectivity index (χ0v) is 27.2. The molecule has 1 N–H and O–H groups in total. The van der Waals surface area contributed by atoms with Crippen LogP contribution < -0.4 is 10.2 Å². The number of carbonyl (C=O) groups is 2. The van der Waals surface area contributed by atoms with E-state index in [1.165, 1.54) is 6.07 Å². The maximum atomic E-state index is 15.7. The van der Waals surface area contributed by atoms with Crippen LogP contribution in [0.25, 0.3) is 28.0 Å². The van der Waals surface area contributed by atoms with E-state index in [2.05, 4.69) is 25.3 Å². The number of anilines is 1. The fraction of sp³-hybridized carbons (Fsp3) is 0.333. The molecule has 0 radical (unpaired) electrons. The largest absolute Gasteiger partial charge is 0.369 e. The summed E-state index contributed by atoms with van der Waals surface area (Å²) in [5.41, 5.74) is 6.10. The van der Waals surface area contributed by atoms with Gasteiger partial charge in [-0.2, -0.15) is 0 Å². The van der Waals surface area contributed by atoms with Crippen molar-refractivity contribution in [1.82, 2.24) is 25.0 Å². The Balaban J connectivity index is 0.878. The first-order chi connectivity index (χ1) is 23.9. The van der Waals surface area contributed by atoms with Gasteiger partial charge < -0.3 is 14.4 Å². The molecule has 3 aliphatic rings. The second kappa shape index (κ2) is 13.2. The topological polar surface area (TPSA) is 83.4 Å². The summed E-state index contributed by atoms with van der Waals surface area (Å²) in [6.07, 6.45) is 6.25. The third-order valence-corrected chi connectivity index (χ3v) is 10.7. The molecule has 5 heterocycles. The number of nitrogens with zero attached hydrogens (tertiary/aromatic N) is 5. The van der Waals surface area contributed by atoms with Crippen LogP contribution in [0.1, 0.15) is 61.5 Å². The lowest BCUT2D eigenvalue weighted by Crippen LogP contribution is -2.47. The molecule has 8 rings (SSSR count). The summed E-state index contributed by atoms with van der Waals surface area (Å²) in [4.78, 5) is 28.4. The highest BCUT2D eigenvalue weighted by atomic mass is 19.1. The maximum Gasteiger partial charge on any atom is 0.234 e. The van der Waals surface area contributed by atoms with Gasteiger partial charge in [0.05, 0.1) is 22.8 Å². The van der Waals surface area contributed by atoms with Gasteiger partial charge in [-0.3, -0.25) is 14.9 Å². The van der Waals surface area contributed by atoms with E-state index in [-0.39, 0.29) is 35.8 Å². The van der Waals surface area contributed by atoms with E-state index in [1.807, 2.05) is 71.4 Å². The number of hydrogen-bond acceptors (Lipinski definition) is 6. The Bertz CT molecular complexity index is 2020. The highest BCUT2D eigenvalue weighted by Gasteiger charge is 2.32. The van der Waals surface area contributed by atoms with Crippen molar-refractivity contribution in [2.45, 2.75) is 56.4 Å². The number of carbonyl (C=O) groups excluding carboxylic acids is 2. The van der Waals surface area contributed by atoms with E-state index in [4.69, 9.17) is 0 Å². The number of benzene rings is 3. The van der Waals surface area contributed by atoms with E-state index in [9.17, 15) is 9.59 Å². The Morgan fingerprint density at radius 3 is 2.29 bits per heavy atom. The summed E-state index contributed by atoms with van der Waals surface area (Å²) in [5, 5.41) is 11.1. The van der Waals surface area contributed by atoms with E-state index in [0.717, 1.165) is 85.4 Å². The van der Waals surface area contributed by atoms with Crippen molar-refractivity contribution in [2.75, 3.05) is 31.1 Å². The van der Waals surface area contributed by atoms with Crippen LogP contribution in [-0.4, -0.2) is 63.7 Å². The molecule has 49 heavy (non-hydrogen) atoms. The molecule has 0 spiro atoms. The van der Waals surface area contributed by atoms with Crippen LogP contribution in [0.15, 0.2) is 85.1 Å². The molecular formula is C39H38F2N6O2. The zero-order valence-electron chi connectivity index (χ0n) is 27.2. The number of hydrogen-bond donors (Lipinski definition) is 1. The van der Waals surface area contributed by atoms with Crippen molar-refractivity contribution in [3.8, 4) is 16.9 Å². The van der Waals surface area contributed by atoms with Crippen LogP contribution in [0.3, 0.4) is 0 Å². The number of aromatic nitrogens is 3. The lowest BCUT2D eigenvalue weighted by atomic mass is 9.87. The predicted octanol–water partition coefficient (Wildman–Crippen LogP) is 6.73. The van der Waals surface area contributed by atoms with Gasteiger partial charge in [-0.25, -0.2) is 8.78 Å². The highest BCUT2D eigenvalue weighted by Crippen LogP contribution is 2.35. The Morgan fingerprint density at radius 2 is 1.55 bits per heavy atom. The standard InChI is InChI=1S/C39H38F2N6O2/c40-32-23-29(47-21-16-34-37(47)24-35(44-43-34)26-4-2-1-3-5-26)7-8-30(32)25-12-17-45(18-13-25)28-14-19-46(20-15-28)36-10-6-27(22-33(36)41)31-9-11-38(48)42-39(31)49/h1-8,10,16,21-25,28,31H,9,11-15,17-20H2,(H,42,48,49). The molecule has 2 aromatic heterocycles. The average molecular weight is 661 g/mol. The summed E-state index contributed by atoms with van der Waals surface area (Å²) in [5.74, 6) is -1.47. The lowest BCUT2D eigenvalue weighted by molar-refractivity contribution is -0.134. The smallest absolute Gasteiger partial charge is 0.234 e. The zero-order chi connectivity index (χ0) is 33.5. The molecule has 2 amide bonds. The van der Waals surface area contributed by atoms with Gasteiger partial charge in [0.2, 0.25) is 11.8 Å². The minimum atomic E-state index is -0.495. The highest BCUT2D eigenvalue weighted by molar-refractivity contribution is 6.01. The van der Waals surface area contributed by atoms with Crippen molar-refractivity contribution in [3.05, 3.63) is 108 Å². The van der Waals surface area contributed by atoms with Crippen LogP contribution in [0.4, 0.5) is 14.5 Å². The van der Waals surface area contributed by atoms with E-state index >= 15 is 8.78 Å². The second-order valence-corrected chi connectivity index (χ2v) is 13.5. The van der Waals surface area contributed by atoms with Crippen molar-refractivity contribution in [1.29, 1.82) is 0 Å². The van der Waals surface area contributed by atoms with Gasteiger partial charge in [0.25, 0.3) is 0 Å². The maximum absolute atomic E-state index is 15.7. The van der Waals surface area contributed by atoms with Crippen LogP contribution in [0.2, 0.25) is 0 Å². The number of nitrogens with one attached hydrogen (secondary N) is 1. The molecule has 250 valence electrons. The molecule has 3 fully saturated rings. The van der Waals surface area contributed by atoms with Gasteiger partial charge in [0.1, 0.15) is 17.2 Å². The molecule has 1 unspecified atom stereocenters. The third-order valence-electron chi connectivity index (χ3n) is 10.7. The number of rotatable bonds is 6. The average Bonchev–Trinajstić information content (AvgIpc) is 3.56. The summed E-state index contributed by atoms with van der Waals surface area (Å²) in [6.45, 7) is 3.33. The SMILES string of the molecule is O=C1CCC(c2ccc(N3CCC(N4CCC(c5ccc(-n6ccc7nnc(-c8ccccc8)cc76)cc5F)CC4)CC3)c(F)c2)C(=O)N1. The number of imide groups is 1. The number of likely N-dealkylation sites (tertiary alicyclic amines) is 1. The minimum absolute atomic E-state index is 0.166. The van der Waals surface area contributed by atoms with Gasteiger partial charge in [-0.05, 0) is 98.6 Å². The first-order valence-electron chi connectivity index (χ1n) is 17.2. The molecule has 0 saturated carbocycles. The Kier molecular flexibility index (Phi) is 8.41. The second-order valence-electron chi connectivity index (χ2n) is 13.5. The number of halogens is 2. The number of fused-ring (bicyclic) bond motifs is 1. The molecular weight excluding hydrogens is 622 g/mol. The van der Waals surface area contributed by atoms with Gasteiger partial charge in [0, 0.05) is 43.0 Å². The molecule has 3 aliphatic heterocycles. The molecule has 10 heteroatoms. The number of amides is 2. The molecule has 5 aromatic rings. The predicted molar refractivity (Wildman–Crippen MR) is 185 cm³/mol. The van der Waals surface area contributed by atoms with Crippen LogP contribution >= 0.6 is 0 Å². The van der Waals surface area contributed by atoms with Gasteiger partial charge in [-0.1, -0.05) is 42.5 Å². The monoisotopic (exact) mass is 660 g/mol. The lowest BCUT2D eigenvalue weighted by Gasteiger charge is -2.42. The van der Waals surface area contributed by atoms with Gasteiger partial charge in [0.15, 0.2) is 0 Å². The quantitative estimate of drug-likeness (QED) is 0.203. The summed E-state index contributed by atoms with van der Waals surface area (Å²) >= 11 is 0. The van der Waals surface area contributed by atoms with Gasteiger partial charge >= 0.3 is 0 Å².